The van der Waals surface area contributed by atoms with Gasteiger partial charge in [0.25, 0.3) is 0 Å². The van der Waals surface area contributed by atoms with Crippen molar-refractivity contribution in [2.45, 2.75) is 31.7 Å². The second-order valence-corrected chi connectivity index (χ2v) is 9.35. The third-order valence-electron chi connectivity index (χ3n) is 5.00. The number of nitriles is 1. The molecular formula is C17H22N4O3S. The largest absolute Gasteiger partial charge is 0.357 e. The lowest BCUT2D eigenvalue weighted by Crippen LogP contribution is -2.51. The summed E-state index contributed by atoms with van der Waals surface area (Å²) in [5.74, 6) is 0.834. The van der Waals surface area contributed by atoms with Crippen LogP contribution < -0.4 is 10.2 Å². The summed E-state index contributed by atoms with van der Waals surface area (Å²) in [7, 11) is -3.03. The van der Waals surface area contributed by atoms with Gasteiger partial charge in [-0.25, -0.2) is 13.4 Å². The van der Waals surface area contributed by atoms with Gasteiger partial charge >= 0.3 is 0 Å². The number of rotatable bonds is 3. The molecule has 1 aromatic rings. The normalized spacial score (nSPS) is 26.2. The van der Waals surface area contributed by atoms with Crippen LogP contribution in [0.15, 0.2) is 18.3 Å². The third kappa shape index (κ3) is 4.10. The summed E-state index contributed by atoms with van der Waals surface area (Å²) in [5, 5.41) is 11.8. The summed E-state index contributed by atoms with van der Waals surface area (Å²) in [6, 6.07) is 5.61. The number of carbonyl (C=O) groups excluding carboxylic acids is 1. The van der Waals surface area contributed by atoms with Gasteiger partial charge in [0.15, 0.2) is 9.84 Å². The molecule has 1 N–H and O–H groups in total. The van der Waals surface area contributed by atoms with Crippen LogP contribution in [0.4, 0.5) is 5.82 Å². The molecule has 1 amide bonds. The Balaban J connectivity index is 1.55. The highest BCUT2D eigenvalue weighted by molar-refractivity contribution is 7.91. The van der Waals surface area contributed by atoms with E-state index in [9.17, 15) is 13.2 Å². The van der Waals surface area contributed by atoms with Crippen molar-refractivity contribution in [3.63, 3.8) is 0 Å². The fourth-order valence-electron chi connectivity index (χ4n) is 3.52. The molecule has 7 nitrogen and oxygen atoms in total. The number of aromatic nitrogens is 1. The van der Waals surface area contributed by atoms with Gasteiger partial charge in [-0.2, -0.15) is 5.26 Å². The lowest BCUT2D eigenvalue weighted by atomic mass is 9.93. The minimum absolute atomic E-state index is 0.0275. The van der Waals surface area contributed by atoms with Crippen LogP contribution in [0.1, 0.15) is 31.7 Å². The summed E-state index contributed by atoms with van der Waals surface area (Å²) in [5.41, 5.74) is -0.111. The van der Waals surface area contributed by atoms with Crippen molar-refractivity contribution in [3.8, 4) is 6.07 Å². The summed E-state index contributed by atoms with van der Waals surface area (Å²) in [4.78, 5) is 18.9. The fourth-order valence-corrected chi connectivity index (χ4v) is 5.61. The van der Waals surface area contributed by atoms with Gasteiger partial charge in [-0.15, -0.1) is 0 Å². The van der Waals surface area contributed by atoms with Gasteiger partial charge in [0.05, 0.1) is 22.6 Å². The van der Waals surface area contributed by atoms with Crippen molar-refractivity contribution < 1.29 is 13.2 Å². The standard InChI is InChI=1S/C17H22N4O3S/c1-17(6-9-25(23,24)12-17)20-16(22)14-4-7-21(8-5-14)15-3-2-13(10-18)11-19-15/h2-3,11,14H,4-9,12H2,1H3,(H,20,22). The Morgan fingerprint density at radius 3 is 2.64 bits per heavy atom. The average molecular weight is 362 g/mol. The predicted octanol–water partition coefficient (Wildman–Crippen LogP) is 0.863. The van der Waals surface area contributed by atoms with Crippen LogP contribution in [-0.4, -0.2) is 49.4 Å². The van der Waals surface area contributed by atoms with E-state index in [1.165, 1.54) is 0 Å². The van der Waals surface area contributed by atoms with E-state index >= 15 is 0 Å². The Morgan fingerprint density at radius 2 is 2.12 bits per heavy atom. The lowest BCUT2D eigenvalue weighted by Gasteiger charge is -2.34. The predicted molar refractivity (Wildman–Crippen MR) is 93.7 cm³/mol. The van der Waals surface area contributed by atoms with Gasteiger partial charge < -0.3 is 10.2 Å². The van der Waals surface area contributed by atoms with Crippen LogP contribution in [0.5, 0.6) is 0 Å². The molecule has 0 spiro atoms. The van der Waals surface area contributed by atoms with Crippen LogP contribution in [0.3, 0.4) is 0 Å². The summed E-state index contributed by atoms with van der Waals surface area (Å²) < 4.78 is 23.3. The number of piperidine rings is 1. The lowest BCUT2D eigenvalue weighted by molar-refractivity contribution is -0.127. The molecule has 0 saturated carbocycles. The number of pyridine rings is 1. The number of amides is 1. The average Bonchev–Trinajstić information content (AvgIpc) is 2.88. The number of sulfone groups is 1. The van der Waals surface area contributed by atoms with Crippen molar-refractivity contribution in [2.75, 3.05) is 29.5 Å². The second kappa shape index (κ2) is 6.64. The number of nitrogens with one attached hydrogen (secondary N) is 1. The van der Waals surface area contributed by atoms with Gasteiger partial charge in [-0.3, -0.25) is 4.79 Å². The monoisotopic (exact) mass is 362 g/mol. The van der Waals surface area contributed by atoms with E-state index in [1.807, 2.05) is 19.1 Å². The molecular weight excluding hydrogens is 340 g/mol. The van der Waals surface area contributed by atoms with E-state index in [-0.39, 0.29) is 23.3 Å². The third-order valence-corrected chi connectivity index (χ3v) is 6.90. The van der Waals surface area contributed by atoms with E-state index in [0.717, 1.165) is 5.82 Å². The highest BCUT2D eigenvalue weighted by atomic mass is 32.2. The molecule has 25 heavy (non-hydrogen) atoms. The molecule has 0 radical (unpaired) electrons. The first-order valence-electron chi connectivity index (χ1n) is 8.44. The van der Waals surface area contributed by atoms with Crippen LogP contribution in [0.25, 0.3) is 0 Å². The van der Waals surface area contributed by atoms with Gasteiger partial charge in [0.1, 0.15) is 11.9 Å². The molecule has 0 aliphatic carbocycles. The highest BCUT2D eigenvalue weighted by Crippen LogP contribution is 2.26. The van der Waals surface area contributed by atoms with E-state index in [0.29, 0.717) is 37.9 Å². The van der Waals surface area contributed by atoms with Crippen molar-refractivity contribution in [3.05, 3.63) is 23.9 Å². The molecule has 3 heterocycles. The molecule has 1 atom stereocenters. The Morgan fingerprint density at radius 1 is 1.40 bits per heavy atom. The zero-order valence-electron chi connectivity index (χ0n) is 14.2. The van der Waals surface area contributed by atoms with Crippen LogP contribution in [0, 0.1) is 17.2 Å². The van der Waals surface area contributed by atoms with Gasteiger partial charge in [0, 0.05) is 25.2 Å². The molecule has 2 fully saturated rings. The number of hydrogen-bond acceptors (Lipinski definition) is 6. The first kappa shape index (κ1) is 17.7. The van der Waals surface area contributed by atoms with E-state index in [4.69, 9.17) is 5.26 Å². The molecule has 2 aliphatic rings. The number of hydrogen-bond donors (Lipinski definition) is 1. The maximum absolute atomic E-state index is 12.5. The Hall–Kier alpha value is -2.14. The fraction of sp³-hybridized carbons (Fsp3) is 0.588. The summed E-state index contributed by atoms with van der Waals surface area (Å²) in [6.07, 6.45) is 3.44. The molecule has 1 aromatic heterocycles. The van der Waals surface area contributed by atoms with E-state index < -0.39 is 15.4 Å². The zero-order valence-corrected chi connectivity index (χ0v) is 15.1. The number of carbonyl (C=O) groups is 1. The zero-order chi connectivity index (χ0) is 18.1. The van der Waals surface area contributed by atoms with Gasteiger partial charge in [-0.1, -0.05) is 0 Å². The molecule has 3 rings (SSSR count). The Labute approximate surface area is 148 Å². The van der Waals surface area contributed by atoms with Gasteiger partial charge in [0.2, 0.25) is 5.91 Å². The van der Waals surface area contributed by atoms with Gasteiger partial charge in [-0.05, 0) is 38.3 Å². The maximum atomic E-state index is 12.5. The minimum atomic E-state index is -3.03. The van der Waals surface area contributed by atoms with Crippen molar-refractivity contribution >= 4 is 21.6 Å². The van der Waals surface area contributed by atoms with E-state index in [1.54, 1.807) is 12.3 Å². The van der Waals surface area contributed by atoms with Crippen molar-refractivity contribution in [1.29, 1.82) is 5.26 Å². The van der Waals surface area contributed by atoms with Crippen molar-refractivity contribution in [1.82, 2.24) is 10.3 Å². The Bertz CT molecular complexity index is 792. The molecule has 134 valence electrons. The number of nitrogens with zero attached hydrogens (tertiary/aromatic N) is 3. The molecule has 1 unspecified atom stereocenters. The van der Waals surface area contributed by atoms with E-state index in [2.05, 4.69) is 15.2 Å². The molecule has 2 aliphatic heterocycles. The summed E-state index contributed by atoms with van der Waals surface area (Å²) in [6.45, 7) is 3.24. The molecule has 0 bridgehead atoms. The second-order valence-electron chi connectivity index (χ2n) is 7.17. The topological polar surface area (TPSA) is 103 Å². The molecule has 2 saturated heterocycles. The molecule has 0 aromatic carbocycles. The van der Waals surface area contributed by atoms with Crippen LogP contribution >= 0.6 is 0 Å². The highest BCUT2D eigenvalue weighted by Gasteiger charge is 2.40. The number of anilines is 1. The van der Waals surface area contributed by atoms with Crippen LogP contribution in [-0.2, 0) is 14.6 Å². The first-order valence-corrected chi connectivity index (χ1v) is 10.3. The Kier molecular flexibility index (Phi) is 4.69. The summed E-state index contributed by atoms with van der Waals surface area (Å²) >= 11 is 0. The quantitative estimate of drug-likeness (QED) is 0.855. The maximum Gasteiger partial charge on any atom is 0.223 e. The SMILES string of the molecule is CC1(NC(=O)C2CCN(c3ccc(C#N)cn3)CC2)CCS(=O)(=O)C1. The molecule has 8 heteroatoms. The van der Waals surface area contributed by atoms with Crippen LogP contribution in [0.2, 0.25) is 0 Å². The van der Waals surface area contributed by atoms with Crippen molar-refractivity contribution in [2.24, 2.45) is 5.92 Å². The minimum Gasteiger partial charge on any atom is -0.357 e. The smallest absolute Gasteiger partial charge is 0.223 e. The first-order chi connectivity index (χ1) is 11.8.